The molecule has 38 heteroatoms. The minimum absolute atomic E-state index is 0.0118. The van der Waals surface area contributed by atoms with Crippen LogP contribution >= 0.6 is 11.8 Å². The molecule has 37 nitrogen and oxygen atoms in total. The second-order valence-electron chi connectivity index (χ2n) is 23.7. The van der Waals surface area contributed by atoms with Gasteiger partial charge in [0.15, 0.2) is 0 Å². The molecule has 1 fully saturated rings. The number of thioether (sulfide) groups is 1. The Balaban J connectivity index is 3.34. The average molecular weight is 1380 g/mol. The van der Waals surface area contributed by atoms with E-state index in [1.807, 2.05) is 0 Å². The zero-order valence-corrected chi connectivity index (χ0v) is 55.5. The van der Waals surface area contributed by atoms with Crippen LogP contribution in [0, 0.1) is 17.8 Å². The molecule has 0 spiro atoms. The lowest BCUT2D eigenvalue weighted by atomic mass is 9.97. The van der Waals surface area contributed by atoms with Crippen molar-refractivity contribution in [2.75, 3.05) is 38.4 Å². The smallest absolute Gasteiger partial charge is 0.326 e. The van der Waals surface area contributed by atoms with Crippen molar-refractivity contribution in [2.45, 2.75) is 204 Å². The molecule has 95 heavy (non-hydrogen) atoms. The summed E-state index contributed by atoms with van der Waals surface area (Å²) in [4.78, 5) is 211. The van der Waals surface area contributed by atoms with Gasteiger partial charge in [0.1, 0.15) is 72.5 Å². The minimum Gasteiger partial charge on any atom is -0.481 e. The predicted octanol–water partition coefficient (Wildman–Crippen LogP) is -8.39. The number of likely N-dealkylation sites (tertiary alicyclic amines) is 1. The van der Waals surface area contributed by atoms with E-state index >= 15 is 0 Å². The number of carboxylic acid groups (broad SMARTS) is 2. The molecule has 0 radical (unpaired) electrons. The molecule has 538 valence electrons. The minimum atomic E-state index is -1.93. The van der Waals surface area contributed by atoms with E-state index in [0.717, 1.165) is 11.8 Å². The fourth-order valence-corrected chi connectivity index (χ4v) is 9.82. The molecule has 0 aromatic rings. The number of aliphatic hydroxyl groups excluding tert-OH is 4. The number of primary amides is 2. The molecular weight excluding hydrogens is 1280 g/mol. The zero-order chi connectivity index (χ0) is 72.7. The Morgan fingerprint density at radius 2 is 0.926 bits per heavy atom. The first kappa shape index (κ1) is 84.7. The summed E-state index contributed by atoms with van der Waals surface area (Å²) in [6, 6.07) is -20.7. The van der Waals surface area contributed by atoms with E-state index in [4.69, 9.17) is 22.3 Å². The van der Waals surface area contributed by atoms with Gasteiger partial charge in [-0.05, 0) is 82.1 Å². The normalized spacial score (nSPS) is 17.3. The number of carbonyl (C=O) groups is 16. The average Bonchev–Trinajstić information content (AvgIpc) is 1.69. The largest absolute Gasteiger partial charge is 0.481 e. The predicted molar refractivity (Wildman–Crippen MR) is 336 cm³/mol. The number of nitrogens with zero attached hydrogens (tertiary/aromatic N) is 1. The van der Waals surface area contributed by atoms with Gasteiger partial charge in [-0.1, -0.05) is 48.0 Å². The molecule has 0 aromatic carbocycles. The highest BCUT2D eigenvalue weighted by atomic mass is 32.2. The van der Waals surface area contributed by atoms with Crippen LogP contribution in [0.15, 0.2) is 0 Å². The van der Waals surface area contributed by atoms with Gasteiger partial charge in [-0.2, -0.15) is 11.8 Å². The number of nitrogens with one attached hydrogen (secondary N) is 11. The molecule has 15 atom stereocenters. The molecular formula is C57H97N15O22S. The lowest BCUT2D eigenvalue weighted by molar-refractivity contribution is -0.144. The van der Waals surface area contributed by atoms with Gasteiger partial charge < -0.3 is 111 Å². The van der Waals surface area contributed by atoms with Crippen molar-refractivity contribution in [2.24, 2.45) is 35.0 Å². The fraction of sp³-hybridized carbons (Fsp3) is 0.719. The number of carboxylic acids is 2. The molecule has 1 heterocycles. The molecule has 23 N–H and O–H groups in total. The molecule has 0 aliphatic carbocycles. The third kappa shape index (κ3) is 29.1. The zero-order valence-electron chi connectivity index (χ0n) is 54.7. The summed E-state index contributed by atoms with van der Waals surface area (Å²) in [6.07, 6.45) is -2.68. The molecule has 1 saturated heterocycles. The van der Waals surface area contributed by atoms with E-state index in [1.165, 1.54) is 32.5 Å². The van der Waals surface area contributed by atoms with Crippen LogP contribution < -0.4 is 75.7 Å². The van der Waals surface area contributed by atoms with Crippen LogP contribution in [0.3, 0.4) is 0 Å². The molecule has 0 unspecified atom stereocenters. The Bertz CT molecular complexity index is 2710. The Morgan fingerprint density at radius 1 is 0.516 bits per heavy atom. The van der Waals surface area contributed by atoms with Crippen molar-refractivity contribution < 1.29 is 107 Å². The van der Waals surface area contributed by atoms with E-state index in [1.54, 1.807) is 34.0 Å². The van der Waals surface area contributed by atoms with Gasteiger partial charge in [0.05, 0.1) is 38.4 Å². The monoisotopic (exact) mass is 1380 g/mol. The van der Waals surface area contributed by atoms with Crippen LogP contribution in [0.2, 0.25) is 0 Å². The van der Waals surface area contributed by atoms with Crippen LogP contribution in [0.5, 0.6) is 0 Å². The summed E-state index contributed by atoms with van der Waals surface area (Å²) >= 11 is 1.22. The second kappa shape index (κ2) is 42.2. The van der Waals surface area contributed by atoms with E-state index < -0.39 is 243 Å². The summed E-state index contributed by atoms with van der Waals surface area (Å²) in [6.45, 7) is 8.67. The van der Waals surface area contributed by atoms with Gasteiger partial charge >= 0.3 is 11.9 Å². The lowest BCUT2D eigenvalue weighted by Gasteiger charge is -2.30. The second-order valence-corrected chi connectivity index (χ2v) is 24.7. The Morgan fingerprint density at radius 3 is 1.38 bits per heavy atom. The first-order valence-corrected chi connectivity index (χ1v) is 32.2. The maximum atomic E-state index is 14.1. The van der Waals surface area contributed by atoms with E-state index in [0.29, 0.717) is 0 Å². The van der Waals surface area contributed by atoms with E-state index in [9.17, 15) is 102 Å². The summed E-state index contributed by atoms with van der Waals surface area (Å²) in [5.41, 5.74) is 16.4. The molecule has 1 aliphatic heterocycles. The number of nitrogens with two attached hydrogens (primary N) is 3. The number of aliphatic carboxylic acids is 2. The first-order valence-electron chi connectivity index (χ1n) is 30.8. The standard InChI is InChI=1S/C57H97N15O22S/c1-10-27(6)43(70-46(82)30(58)21-41(79)80)54(90)63-31(13-15-39(59)77)47(83)62-33(17-19-95-9)49(85)71-44(29(8)76)55(91)64-32(14-16-40(60)78)48(84)68-37(24-75)56(92)72-18-11-12-38(72)53(89)61-28(7)45(81)66-35(22-73)51(87)65-34(20-25(2)3)50(86)67-36(23-74)52(88)69-42(26(4)5)57(93)94/h25-38,42-44,73-76H,10-24,58H2,1-9H3,(H2,59,77)(H2,60,78)(H,61,89)(H,62,83)(H,63,90)(H,64,91)(H,65,87)(H,66,81)(H,67,86)(H,68,84)(H,69,88)(H,70,82)(H,71,85)(H,79,80)(H,93,94)/t27-,28-,29+,30-,31-,32-,33-,34-,35-,36-,37-,38-,42-,43-,44-/m0/s1. The van der Waals surface area contributed by atoms with Crippen LogP contribution in [0.25, 0.3) is 0 Å². The van der Waals surface area contributed by atoms with Crippen LogP contribution in [-0.4, -0.2) is 253 Å². The van der Waals surface area contributed by atoms with Crippen molar-refractivity contribution in [3.63, 3.8) is 0 Å². The molecule has 0 bridgehead atoms. The molecule has 1 rings (SSSR count). The summed E-state index contributed by atoms with van der Waals surface area (Å²) in [7, 11) is 0. The summed E-state index contributed by atoms with van der Waals surface area (Å²) in [5, 5.41) is 85.6. The first-order chi connectivity index (χ1) is 44.4. The van der Waals surface area contributed by atoms with Crippen LogP contribution in [-0.2, 0) is 76.7 Å². The SMILES string of the molecule is CC[C@H](C)[C@H](NC(=O)[C@@H](N)CC(=O)O)C(=O)N[C@@H](CCC(N)=O)C(=O)N[C@@H](CCSC)C(=O)N[C@H](C(=O)N[C@@H](CCC(N)=O)C(=O)N[C@@H](CO)C(=O)N1CCC[C@H]1C(=O)N[C@@H](C)C(=O)N[C@@H](CO)C(=O)N[C@@H](CC(C)C)C(=O)N[C@@H](CO)C(=O)N[C@H](C(=O)O)C(C)C)[C@@H](C)O. The fourth-order valence-electron chi connectivity index (χ4n) is 9.35. The van der Waals surface area contributed by atoms with Gasteiger partial charge in [0.25, 0.3) is 0 Å². The maximum Gasteiger partial charge on any atom is 0.326 e. The molecule has 0 aromatic heterocycles. The Hall–Kier alpha value is -8.33. The highest BCUT2D eigenvalue weighted by molar-refractivity contribution is 7.98. The summed E-state index contributed by atoms with van der Waals surface area (Å²) in [5.74, 6) is -18.6. The number of aliphatic hydroxyl groups is 4. The third-order valence-electron chi connectivity index (χ3n) is 15.0. The molecule has 14 amide bonds. The number of hydrogen-bond acceptors (Lipinski definition) is 22. The van der Waals surface area contributed by atoms with Crippen molar-refractivity contribution in [3.05, 3.63) is 0 Å². The number of rotatable bonds is 44. The highest BCUT2D eigenvalue weighted by Gasteiger charge is 2.41. The van der Waals surface area contributed by atoms with Gasteiger partial charge in [0.2, 0.25) is 82.7 Å². The Kier molecular flexibility index (Phi) is 37.6. The topological polar surface area (TPSA) is 608 Å². The number of carbonyl (C=O) groups excluding carboxylic acids is 14. The highest BCUT2D eigenvalue weighted by Crippen LogP contribution is 2.20. The van der Waals surface area contributed by atoms with Crippen molar-refractivity contribution in [1.82, 2.24) is 63.4 Å². The van der Waals surface area contributed by atoms with Gasteiger partial charge in [-0.3, -0.25) is 71.9 Å². The van der Waals surface area contributed by atoms with Crippen LogP contribution in [0.1, 0.15) is 120 Å². The quantitative estimate of drug-likeness (QED) is 0.0269. The van der Waals surface area contributed by atoms with Crippen molar-refractivity contribution in [1.29, 1.82) is 0 Å². The van der Waals surface area contributed by atoms with E-state index in [2.05, 4.69) is 58.5 Å². The van der Waals surface area contributed by atoms with Gasteiger partial charge in [0, 0.05) is 19.4 Å². The van der Waals surface area contributed by atoms with E-state index in [-0.39, 0.29) is 50.3 Å². The lowest BCUT2D eigenvalue weighted by Crippen LogP contribution is -2.62. The van der Waals surface area contributed by atoms with Crippen LogP contribution in [0.4, 0.5) is 0 Å². The summed E-state index contributed by atoms with van der Waals surface area (Å²) < 4.78 is 0. The van der Waals surface area contributed by atoms with Crippen molar-refractivity contribution in [3.8, 4) is 0 Å². The number of amides is 14. The third-order valence-corrected chi connectivity index (χ3v) is 15.7. The number of hydrogen-bond donors (Lipinski definition) is 20. The van der Waals surface area contributed by atoms with Crippen molar-refractivity contribution >= 4 is 106 Å². The Labute approximate surface area is 552 Å². The molecule has 0 saturated carbocycles. The van der Waals surface area contributed by atoms with Gasteiger partial charge in [-0.25, -0.2) is 4.79 Å². The van der Waals surface area contributed by atoms with Gasteiger partial charge in [-0.15, -0.1) is 0 Å². The maximum absolute atomic E-state index is 14.1. The molecule has 1 aliphatic rings.